The number of thioether (sulfide) groups is 1. The van der Waals surface area contributed by atoms with E-state index < -0.39 is 5.91 Å². The second-order valence-corrected chi connectivity index (χ2v) is 7.92. The largest absolute Gasteiger partial charge is 0.369 e. The molecule has 0 fully saturated rings. The van der Waals surface area contributed by atoms with Gasteiger partial charge < -0.3 is 5.73 Å². The Kier molecular flexibility index (Phi) is 5.99. The molecule has 3 rings (SSSR count). The van der Waals surface area contributed by atoms with Crippen LogP contribution >= 0.6 is 11.8 Å². The van der Waals surface area contributed by atoms with Crippen LogP contribution in [0.25, 0.3) is 6.08 Å². The van der Waals surface area contributed by atoms with Crippen LogP contribution in [-0.4, -0.2) is 22.7 Å². The maximum atomic E-state index is 13.0. The van der Waals surface area contributed by atoms with Gasteiger partial charge >= 0.3 is 0 Å². The number of aliphatic imine (C=N–C) groups is 1. The van der Waals surface area contributed by atoms with Crippen LogP contribution in [0, 0.1) is 6.92 Å². The topological polar surface area (TPSA) is 75.8 Å². The highest BCUT2D eigenvalue weighted by atomic mass is 32.2. The number of amidine groups is 1. The minimum absolute atomic E-state index is 0.0604. The summed E-state index contributed by atoms with van der Waals surface area (Å²) in [5.41, 5.74) is 9.56. The first kappa shape index (κ1) is 19.9. The summed E-state index contributed by atoms with van der Waals surface area (Å²) in [6.07, 6.45) is 1.77. The lowest BCUT2D eigenvalue weighted by Gasteiger charge is -2.17. The SMILES string of the molecule is Cc1ccc(N2C(=O)C(=Cc3ccc(C(C)C)cc3)N=C2SCC(N)=O)cc1. The monoisotopic (exact) mass is 393 g/mol. The number of anilines is 1. The Labute approximate surface area is 169 Å². The molecule has 0 radical (unpaired) electrons. The Morgan fingerprint density at radius 2 is 1.79 bits per heavy atom. The Balaban J connectivity index is 1.94. The molecule has 0 saturated carbocycles. The van der Waals surface area contributed by atoms with Gasteiger partial charge in [0.2, 0.25) is 5.91 Å². The van der Waals surface area contributed by atoms with Gasteiger partial charge in [-0.3, -0.25) is 14.5 Å². The van der Waals surface area contributed by atoms with Crippen molar-refractivity contribution < 1.29 is 9.59 Å². The first-order valence-corrected chi connectivity index (χ1v) is 10.1. The van der Waals surface area contributed by atoms with E-state index in [0.29, 0.717) is 22.5 Å². The molecule has 2 amide bonds. The lowest BCUT2D eigenvalue weighted by Crippen LogP contribution is -2.31. The fourth-order valence-electron chi connectivity index (χ4n) is 2.79. The molecule has 2 aromatic rings. The lowest BCUT2D eigenvalue weighted by atomic mass is 10.0. The number of hydrogen-bond acceptors (Lipinski definition) is 4. The summed E-state index contributed by atoms with van der Waals surface area (Å²) in [6.45, 7) is 6.26. The van der Waals surface area contributed by atoms with Crippen LogP contribution in [0.15, 0.2) is 59.2 Å². The highest BCUT2D eigenvalue weighted by molar-refractivity contribution is 8.14. The molecule has 0 unspecified atom stereocenters. The molecule has 28 heavy (non-hydrogen) atoms. The van der Waals surface area contributed by atoms with Gasteiger partial charge in [-0.15, -0.1) is 0 Å². The van der Waals surface area contributed by atoms with Gasteiger partial charge in [-0.25, -0.2) is 4.99 Å². The molecule has 0 spiro atoms. The van der Waals surface area contributed by atoms with E-state index in [0.717, 1.165) is 22.9 Å². The Morgan fingerprint density at radius 3 is 2.36 bits per heavy atom. The van der Waals surface area contributed by atoms with Crippen molar-refractivity contribution in [2.45, 2.75) is 26.7 Å². The molecule has 0 saturated heterocycles. The fourth-order valence-corrected chi connectivity index (χ4v) is 3.54. The number of amides is 2. The molecule has 0 aliphatic carbocycles. The fraction of sp³-hybridized carbons (Fsp3) is 0.227. The van der Waals surface area contributed by atoms with Gasteiger partial charge in [-0.05, 0) is 42.2 Å². The van der Waals surface area contributed by atoms with Crippen molar-refractivity contribution in [1.29, 1.82) is 0 Å². The van der Waals surface area contributed by atoms with E-state index in [9.17, 15) is 9.59 Å². The molecule has 1 aliphatic rings. The van der Waals surface area contributed by atoms with Gasteiger partial charge in [-0.2, -0.15) is 0 Å². The molecule has 1 heterocycles. The summed E-state index contributed by atoms with van der Waals surface area (Å²) in [5.74, 6) is -0.165. The summed E-state index contributed by atoms with van der Waals surface area (Å²) < 4.78 is 0. The summed E-state index contributed by atoms with van der Waals surface area (Å²) in [6, 6.07) is 15.7. The first-order valence-electron chi connectivity index (χ1n) is 9.07. The Hall–Kier alpha value is -2.86. The molecule has 1 aliphatic heterocycles. The minimum atomic E-state index is -0.453. The average Bonchev–Trinajstić information content (AvgIpc) is 2.97. The van der Waals surface area contributed by atoms with Gasteiger partial charge in [0, 0.05) is 0 Å². The van der Waals surface area contributed by atoms with Crippen LogP contribution in [0.4, 0.5) is 5.69 Å². The van der Waals surface area contributed by atoms with Gasteiger partial charge in [0.05, 0.1) is 11.4 Å². The van der Waals surface area contributed by atoms with Crippen LogP contribution in [0.1, 0.15) is 36.5 Å². The highest BCUT2D eigenvalue weighted by Gasteiger charge is 2.32. The number of primary amides is 1. The van der Waals surface area contributed by atoms with E-state index in [-0.39, 0.29) is 11.7 Å². The van der Waals surface area contributed by atoms with Crippen LogP contribution in [0.3, 0.4) is 0 Å². The normalized spacial score (nSPS) is 15.4. The van der Waals surface area contributed by atoms with Crippen LogP contribution in [0.2, 0.25) is 0 Å². The minimum Gasteiger partial charge on any atom is -0.369 e. The van der Waals surface area contributed by atoms with Crippen LogP contribution in [-0.2, 0) is 9.59 Å². The molecule has 2 N–H and O–H groups in total. The maximum Gasteiger partial charge on any atom is 0.283 e. The van der Waals surface area contributed by atoms with E-state index in [1.54, 1.807) is 6.08 Å². The maximum absolute atomic E-state index is 13.0. The third-order valence-corrected chi connectivity index (χ3v) is 5.33. The van der Waals surface area contributed by atoms with Crippen molar-refractivity contribution >= 4 is 40.5 Å². The molecule has 0 bridgehead atoms. The standard InChI is InChI=1S/C22H23N3O2S/c1-14(2)17-8-6-16(7-9-17)12-19-21(27)25(18-10-4-15(3)5-11-18)22(24-19)28-13-20(23)26/h4-12,14H,13H2,1-3H3,(H2,23,26). The summed E-state index contributed by atoms with van der Waals surface area (Å²) in [5, 5.41) is 0.456. The number of nitrogens with two attached hydrogens (primary N) is 1. The van der Waals surface area contributed by atoms with E-state index in [2.05, 4.69) is 31.0 Å². The molecule has 2 aromatic carbocycles. The summed E-state index contributed by atoms with van der Waals surface area (Å²) in [4.78, 5) is 30.3. The first-order chi connectivity index (χ1) is 13.3. The molecule has 5 nitrogen and oxygen atoms in total. The lowest BCUT2D eigenvalue weighted by molar-refractivity contribution is -0.115. The molecule has 0 aromatic heterocycles. The van der Waals surface area contributed by atoms with E-state index in [1.165, 1.54) is 10.5 Å². The molecule has 0 atom stereocenters. The van der Waals surface area contributed by atoms with Gasteiger partial charge in [-0.1, -0.05) is 67.6 Å². The number of benzene rings is 2. The van der Waals surface area contributed by atoms with E-state index >= 15 is 0 Å². The Morgan fingerprint density at radius 1 is 1.14 bits per heavy atom. The zero-order valence-corrected chi connectivity index (χ0v) is 17.0. The second-order valence-electron chi connectivity index (χ2n) is 6.98. The number of carbonyl (C=O) groups is 2. The number of rotatable bonds is 5. The van der Waals surface area contributed by atoms with Crippen molar-refractivity contribution in [3.8, 4) is 0 Å². The quantitative estimate of drug-likeness (QED) is 0.778. The zero-order valence-electron chi connectivity index (χ0n) is 16.2. The van der Waals surface area contributed by atoms with Crippen molar-refractivity contribution in [2.24, 2.45) is 10.7 Å². The van der Waals surface area contributed by atoms with Gasteiger partial charge in [0.25, 0.3) is 5.91 Å². The zero-order chi connectivity index (χ0) is 20.3. The third-order valence-electron chi connectivity index (χ3n) is 4.37. The number of aryl methyl sites for hydroxylation is 1. The van der Waals surface area contributed by atoms with Gasteiger partial charge in [0.1, 0.15) is 5.70 Å². The van der Waals surface area contributed by atoms with Crippen molar-refractivity contribution in [1.82, 2.24) is 0 Å². The van der Waals surface area contributed by atoms with Crippen LogP contribution in [0.5, 0.6) is 0 Å². The smallest absolute Gasteiger partial charge is 0.283 e. The number of hydrogen-bond donors (Lipinski definition) is 1. The number of carbonyl (C=O) groups excluding carboxylic acids is 2. The third kappa shape index (κ3) is 4.51. The predicted molar refractivity (Wildman–Crippen MR) is 116 cm³/mol. The van der Waals surface area contributed by atoms with Gasteiger partial charge in [0.15, 0.2) is 5.17 Å². The summed E-state index contributed by atoms with van der Waals surface area (Å²) in [7, 11) is 0. The van der Waals surface area contributed by atoms with Crippen molar-refractivity contribution in [3.63, 3.8) is 0 Å². The Bertz CT molecular complexity index is 945. The van der Waals surface area contributed by atoms with E-state index in [4.69, 9.17) is 5.73 Å². The van der Waals surface area contributed by atoms with E-state index in [1.807, 2.05) is 43.3 Å². The van der Waals surface area contributed by atoms with Crippen molar-refractivity contribution in [3.05, 3.63) is 70.9 Å². The van der Waals surface area contributed by atoms with Crippen LogP contribution < -0.4 is 10.6 Å². The highest BCUT2D eigenvalue weighted by Crippen LogP contribution is 2.29. The summed E-state index contributed by atoms with van der Waals surface area (Å²) >= 11 is 1.16. The van der Waals surface area contributed by atoms with Crippen molar-refractivity contribution in [2.75, 3.05) is 10.7 Å². The predicted octanol–water partition coefficient (Wildman–Crippen LogP) is 4.08. The molecule has 144 valence electrons. The average molecular weight is 394 g/mol. The molecular formula is C22H23N3O2S. The number of nitrogens with zero attached hydrogens (tertiary/aromatic N) is 2. The molecule has 6 heteroatoms. The molecular weight excluding hydrogens is 370 g/mol. The second kappa shape index (κ2) is 8.44.